The molecule has 0 aliphatic carbocycles. The van der Waals surface area contributed by atoms with E-state index in [1.165, 1.54) is 16.5 Å². The van der Waals surface area contributed by atoms with Crippen molar-refractivity contribution in [3.05, 3.63) is 36.0 Å². The van der Waals surface area contributed by atoms with Crippen LogP contribution >= 0.6 is 0 Å². The molecule has 110 valence electrons. The average molecular weight is 273 g/mol. The number of nitrogens with zero attached hydrogens (tertiary/aromatic N) is 3. The summed E-state index contributed by atoms with van der Waals surface area (Å²) in [6.45, 7) is 7.81. The largest absolute Gasteiger partial charge is 0.351 e. The Labute approximate surface area is 122 Å². The summed E-state index contributed by atoms with van der Waals surface area (Å²) in [4.78, 5) is 4.79. The highest BCUT2D eigenvalue weighted by Gasteiger charge is 2.15. The number of fused-ring (bicyclic) bond motifs is 1. The monoisotopic (exact) mass is 273 g/mol. The zero-order valence-electron chi connectivity index (χ0n) is 13.4. The van der Waals surface area contributed by atoms with E-state index >= 15 is 0 Å². The molecule has 0 aliphatic heterocycles. The van der Waals surface area contributed by atoms with Crippen molar-refractivity contribution in [1.29, 1.82) is 0 Å². The van der Waals surface area contributed by atoms with Crippen LogP contribution in [0.1, 0.15) is 25.5 Å². The Hall–Kier alpha value is -1.32. The zero-order chi connectivity index (χ0) is 14.7. The maximum atomic E-state index is 2.44. The summed E-state index contributed by atoms with van der Waals surface area (Å²) in [6, 6.07) is 9.28. The predicted molar refractivity (Wildman–Crippen MR) is 87.1 cm³/mol. The fourth-order valence-corrected chi connectivity index (χ4v) is 2.61. The summed E-state index contributed by atoms with van der Waals surface area (Å²) in [7, 11) is 6.50. The summed E-state index contributed by atoms with van der Waals surface area (Å²) < 4.78 is 2.19. The smallest absolute Gasteiger partial charge is 0.0481 e. The van der Waals surface area contributed by atoms with E-state index in [9.17, 15) is 0 Å². The van der Waals surface area contributed by atoms with Crippen LogP contribution in [0.4, 0.5) is 0 Å². The molecule has 20 heavy (non-hydrogen) atoms. The molecule has 1 aromatic carbocycles. The Morgan fingerprint density at radius 1 is 1.15 bits per heavy atom. The number of benzene rings is 1. The summed E-state index contributed by atoms with van der Waals surface area (Å²) in [5.41, 5.74) is 2.73. The molecule has 0 aliphatic rings. The van der Waals surface area contributed by atoms with Gasteiger partial charge >= 0.3 is 0 Å². The van der Waals surface area contributed by atoms with Crippen LogP contribution in [0.2, 0.25) is 0 Å². The van der Waals surface area contributed by atoms with Gasteiger partial charge in [-0.3, -0.25) is 4.90 Å². The molecule has 0 saturated carbocycles. The van der Waals surface area contributed by atoms with Crippen molar-refractivity contribution in [3.63, 3.8) is 0 Å². The first kappa shape index (κ1) is 15.1. The van der Waals surface area contributed by atoms with Gasteiger partial charge in [0.2, 0.25) is 0 Å². The minimum atomic E-state index is 0.436. The fourth-order valence-electron chi connectivity index (χ4n) is 2.61. The quantitative estimate of drug-likeness (QED) is 0.801. The molecular formula is C17H27N3. The van der Waals surface area contributed by atoms with E-state index in [1.807, 2.05) is 0 Å². The third-order valence-corrected chi connectivity index (χ3v) is 4.45. The lowest BCUT2D eigenvalue weighted by Gasteiger charge is -2.27. The molecule has 1 aromatic heterocycles. The molecule has 2 aromatic rings. The molecule has 3 nitrogen and oxygen atoms in total. The highest BCUT2D eigenvalue weighted by Crippen LogP contribution is 2.27. The van der Waals surface area contributed by atoms with Crippen molar-refractivity contribution in [3.8, 4) is 0 Å². The first-order valence-corrected chi connectivity index (χ1v) is 7.47. The molecule has 2 rings (SSSR count). The second-order valence-electron chi connectivity index (χ2n) is 5.76. The van der Waals surface area contributed by atoms with Crippen LogP contribution in [0, 0.1) is 0 Å². The minimum absolute atomic E-state index is 0.436. The van der Waals surface area contributed by atoms with E-state index in [-0.39, 0.29) is 0 Å². The molecule has 0 radical (unpaired) electrons. The standard InChI is InChI=1S/C17H27N3/c1-6-18(3)12-13-19(4)14(2)15-8-7-9-17-16(15)10-11-20(17)5/h7-11,14H,6,12-13H2,1-5H3. The number of hydrogen-bond donors (Lipinski definition) is 0. The third kappa shape index (κ3) is 3.05. The number of aryl methyl sites for hydroxylation is 1. The van der Waals surface area contributed by atoms with Crippen LogP contribution in [0.25, 0.3) is 10.9 Å². The third-order valence-electron chi connectivity index (χ3n) is 4.45. The van der Waals surface area contributed by atoms with Crippen LogP contribution in [0.5, 0.6) is 0 Å². The van der Waals surface area contributed by atoms with Gasteiger partial charge in [-0.25, -0.2) is 0 Å². The highest BCUT2D eigenvalue weighted by atomic mass is 15.2. The Morgan fingerprint density at radius 3 is 2.60 bits per heavy atom. The minimum Gasteiger partial charge on any atom is -0.351 e. The second-order valence-corrected chi connectivity index (χ2v) is 5.76. The Bertz CT molecular complexity index is 558. The van der Waals surface area contributed by atoms with Crippen molar-refractivity contribution in [2.45, 2.75) is 19.9 Å². The molecule has 0 spiro atoms. The SMILES string of the molecule is CCN(C)CCN(C)C(C)c1cccc2c1ccn2C. The molecule has 1 atom stereocenters. The Morgan fingerprint density at radius 2 is 1.90 bits per heavy atom. The van der Waals surface area contributed by atoms with Crippen LogP contribution in [-0.2, 0) is 7.05 Å². The van der Waals surface area contributed by atoms with Gasteiger partial charge in [0.25, 0.3) is 0 Å². The van der Waals surface area contributed by atoms with Crippen LogP contribution in [0.3, 0.4) is 0 Å². The van der Waals surface area contributed by atoms with Gasteiger partial charge < -0.3 is 9.47 Å². The summed E-state index contributed by atoms with van der Waals surface area (Å²) in [5, 5.41) is 1.37. The summed E-state index contributed by atoms with van der Waals surface area (Å²) >= 11 is 0. The first-order chi connectivity index (χ1) is 9.54. The lowest BCUT2D eigenvalue weighted by Crippen LogP contribution is -2.32. The lowest BCUT2D eigenvalue weighted by atomic mass is 10.0. The molecule has 1 unspecified atom stereocenters. The van der Waals surface area contributed by atoms with E-state index in [1.54, 1.807) is 0 Å². The van der Waals surface area contributed by atoms with Gasteiger partial charge in [-0.15, -0.1) is 0 Å². The number of likely N-dealkylation sites (N-methyl/N-ethyl adjacent to an activating group) is 2. The lowest BCUT2D eigenvalue weighted by molar-refractivity contribution is 0.221. The van der Waals surface area contributed by atoms with Crippen LogP contribution < -0.4 is 0 Å². The summed E-state index contributed by atoms with van der Waals surface area (Å²) in [5.74, 6) is 0. The normalized spacial score (nSPS) is 13.6. The first-order valence-electron chi connectivity index (χ1n) is 7.47. The number of hydrogen-bond acceptors (Lipinski definition) is 2. The molecule has 0 saturated heterocycles. The van der Waals surface area contributed by atoms with E-state index < -0.39 is 0 Å². The van der Waals surface area contributed by atoms with Crippen LogP contribution in [0.15, 0.2) is 30.5 Å². The van der Waals surface area contributed by atoms with Crippen LogP contribution in [-0.4, -0.2) is 48.1 Å². The zero-order valence-corrected chi connectivity index (χ0v) is 13.4. The average Bonchev–Trinajstić information content (AvgIpc) is 2.85. The van der Waals surface area contributed by atoms with Crippen molar-refractivity contribution in [2.24, 2.45) is 7.05 Å². The molecular weight excluding hydrogens is 246 g/mol. The Balaban J connectivity index is 2.16. The Kier molecular flexibility index (Phi) is 4.84. The van der Waals surface area contributed by atoms with Gasteiger partial charge in [-0.1, -0.05) is 19.1 Å². The van der Waals surface area contributed by atoms with Crippen molar-refractivity contribution >= 4 is 10.9 Å². The van der Waals surface area contributed by atoms with Gasteiger partial charge in [0.05, 0.1) is 0 Å². The number of aromatic nitrogens is 1. The van der Waals surface area contributed by atoms with E-state index in [4.69, 9.17) is 0 Å². The van der Waals surface area contributed by atoms with Gasteiger partial charge in [0.1, 0.15) is 0 Å². The molecule has 0 N–H and O–H groups in total. The van der Waals surface area contributed by atoms with Crippen molar-refractivity contribution < 1.29 is 0 Å². The predicted octanol–water partition coefficient (Wildman–Crippen LogP) is 3.12. The topological polar surface area (TPSA) is 11.4 Å². The van der Waals surface area contributed by atoms with Gasteiger partial charge in [0.15, 0.2) is 0 Å². The maximum absolute atomic E-state index is 2.44. The second kappa shape index (κ2) is 6.42. The molecule has 0 amide bonds. The van der Waals surface area contributed by atoms with Crippen molar-refractivity contribution in [2.75, 3.05) is 33.7 Å². The van der Waals surface area contributed by atoms with Gasteiger partial charge in [-0.05, 0) is 45.3 Å². The van der Waals surface area contributed by atoms with Crippen molar-refractivity contribution in [1.82, 2.24) is 14.4 Å². The molecule has 0 bridgehead atoms. The van der Waals surface area contributed by atoms with E-state index in [2.05, 4.69) is 79.8 Å². The maximum Gasteiger partial charge on any atom is 0.0481 e. The van der Waals surface area contributed by atoms with E-state index in [0.29, 0.717) is 6.04 Å². The molecule has 1 heterocycles. The molecule has 3 heteroatoms. The molecule has 0 fully saturated rings. The fraction of sp³-hybridized carbons (Fsp3) is 0.529. The number of rotatable bonds is 6. The van der Waals surface area contributed by atoms with Gasteiger partial charge in [0, 0.05) is 43.3 Å². The van der Waals surface area contributed by atoms with Gasteiger partial charge in [-0.2, -0.15) is 0 Å². The van der Waals surface area contributed by atoms with E-state index in [0.717, 1.165) is 19.6 Å². The highest BCUT2D eigenvalue weighted by molar-refractivity contribution is 5.84. The summed E-state index contributed by atoms with van der Waals surface area (Å²) in [6.07, 6.45) is 2.14.